The van der Waals surface area contributed by atoms with Crippen LogP contribution in [0.5, 0.6) is 0 Å². The minimum Gasteiger partial charge on any atom is -0.315 e. The number of nitrogens with zero attached hydrogens (tertiary/aromatic N) is 2. The van der Waals surface area contributed by atoms with E-state index in [0.717, 1.165) is 12.2 Å². The van der Waals surface area contributed by atoms with Crippen LogP contribution in [0.15, 0.2) is 24.4 Å². The number of nitrogens with one attached hydrogen (secondary N) is 1. The fourth-order valence-corrected chi connectivity index (χ4v) is 2.84. The highest BCUT2D eigenvalue weighted by Crippen LogP contribution is 2.23. The third kappa shape index (κ3) is 3.27. The van der Waals surface area contributed by atoms with Crippen molar-refractivity contribution in [3.8, 4) is 0 Å². The molecule has 1 aliphatic carbocycles. The molecule has 3 nitrogen and oxygen atoms in total. The summed E-state index contributed by atoms with van der Waals surface area (Å²) in [6.07, 6.45) is 7.19. The first-order chi connectivity index (χ1) is 8.31. The summed E-state index contributed by atoms with van der Waals surface area (Å²) in [7, 11) is 4.30. The van der Waals surface area contributed by atoms with Crippen molar-refractivity contribution in [3.63, 3.8) is 0 Å². The molecule has 0 spiro atoms. The van der Waals surface area contributed by atoms with Gasteiger partial charge < -0.3 is 5.32 Å². The second-order valence-corrected chi connectivity index (χ2v) is 4.98. The molecular formula is C14H23N3. The molecule has 1 aromatic heterocycles. The van der Waals surface area contributed by atoms with Gasteiger partial charge in [0.1, 0.15) is 0 Å². The highest BCUT2D eigenvalue weighted by molar-refractivity contribution is 5.03. The molecule has 2 atom stereocenters. The molecule has 0 bridgehead atoms. The van der Waals surface area contributed by atoms with E-state index in [0.29, 0.717) is 12.1 Å². The summed E-state index contributed by atoms with van der Waals surface area (Å²) in [4.78, 5) is 6.85. The topological polar surface area (TPSA) is 28.2 Å². The summed E-state index contributed by atoms with van der Waals surface area (Å²) in [6.45, 7) is 0.948. The predicted octanol–water partition coefficient (Wildman–Crippen LogP) is 2.04. The van der Waals surface area contributed by atoms with E-state index in [1.165, 1.54) is 25.7 Å². The van der Waals surface area contributed by atoms with Gasteiger partial charge in [0.25, 0.3) is 0 Å². The van der Waals surface area contributed by atoms with Crippen LogP contribution in [-0.4, -0.2) is 36.1 Å². The van der Waals surface area contributed by atoms with Crippen molar-refractivity contribution in [1.29, 1.82) is 0 Å². The van der Waals surface area contributed by atoms with Gasteiger partial charge in [-0.05, 0) is 39.1 Å². The highest BCUT2D eigenvalue weighted by Gasteiger charge is 2.26. The Morgan fingerprint density at radius 3 is 2.88 bits per heavy atom. The molecule has 1 aliphatic rings. The molecule has 0 saturated heterocycles. The summed E-state index contributed by atoms with van der Waals surface area (Å²) in [6, 6.07) is 7.43. The zero-order valence-electron chi connectivity index (χ0n) is 10.9. The van der Waals surface area contributed by atoms with Crippen LogP contribution in [0.4, 0.5) is 0 Å². The third-order valence-electron chi connectivity index (χ3n) is 3.80. The van der Waals surface area contributed by atoms with Crippen LogP contribution < -0.4 is 5.32 Å². The maximum Gasteiger partial charge on any atom is 0.0543 e. The number of hydrogen-bond donors (Lipinski definition) is 1. The van der Waals surface area contributed by atoms with Gasteiger partial charge in [-0.1, -0.05) is 18.9 Å². The average molecular weight is 233 g/mol. The van der Waals surface area contributed by atoms with Crippen LogP contribution in [-0.2, 0) is 6.54 Å². The quantitative estimate of drug-likeness (QED) is 0.862. The monoisotopic (exact) mass is 233 g/mol. The van der Waals surface area contributed by atoms with Gasteiger partial charge in [0, 0.05) is 24.8 Å². The Hall–Kier alpha value is -0.930. The van der Waals surface area contributed by atoms with Crippen molar-refractivity contribution in [3.05, 3.63) is 30.1 Å². The first-order valence-corrected chi connectivity index (χ1v) is 6.58. The highest BCUT2D eigenvalue weighted by atomic mass is 15.2. The standard InChI is InChI=1S/C14H23N3/c1-15-13-8-3-4-9-14(13)17(2)11-12-7-5-6-10-16-12/h5-7,10,13-15H,3-4,8-9,11H2,1-2H3. The largest absolute Gasteiger partial charge is 0.315 e. The molecule has 0 aromatic carbocycles. The van der Waals surface area contributed by atoms with Crippen LogP contribution in [0.1, 0.15) is 31.4 Å². The first-order valence-electron chi connectivity index (χ1n) is 6.58. The SMILES string of the molecule is CNC1CCCCC1N(C)Cc1ccccn1. The predicted molar refractivity (Wildman–Crippen MR) is 70.8 cm³/mol. The second kappa shape index (κ2) is 6.12. The van der Waals surface area contributed by atoms with Crippen LogP contribution in [0.3, 0.4) is 0 Å². The molecule has 1 N–H and O–H groups in total. The van der Waals surface area contributed by atoms with Crippen LogP contribution in [0.25, 0.3) is 0 Å². The molecule has 17 heavy (non-hydrogen) atoms. The van der Waals surface area contributed by atoms with Crippen molar-refractivity contribution >= 4 is 0 Å². The molecule has 3 heteroatoms. The fraction of sp³-hybridized carbons (Fsp3) is 0.643. The molecule has 1 fully saturated rings. The third-order valence-corrected chi connectivity index (χ3v) is 3.80. The number of pyridine rings is 1. The van der Waals surface area contributed by atoms with Crippen LogP contribution >= 0.6 is 0 Å². The fourth-order valence-electron chi connectivity index (χ4n) is 2.84. The Bertz CT molecular complexity index is 325. The molecule has 1 heterocycles. The van der Waals surface area contributed by atoms with E-state index in [-0.39, 0.29) is 0 Å². The van der Waals surface area contributed by atoms with E-state index < -0.39 is 0 Å². The Balaban J connectivity index is 1.96. The van der Waals surface area contributed by atoms with Crippen molar-refractivity contribution in [2.45, 2.75) is 44.3 Å². The van der Waals surface area contributed by atoms with Gasteiger partial charge in [0.05, 0.1) is 5.69 Å². The smallest absolute Gasteiger partial charge is 0.0543 e. The normalized spacial score (nSPS) is 25.1. The molecule has 1 aromatic rings. The molecule has 1 saturated carbocycles. The van der Waals surface area contributed by atoms with Crippen molar-refractivity contribution in [1.82, 2.24) is 15.2 Å². The zero-order chi connectivity index (χ0) is 12.1. The summed E-state index contributed by atoms with van der Waals surface area (Å²) < 4.78 is 0. The van der Waals surface area contributed by atoms with Crippen molar-refractivity contribution in [2.24, 2.45) is 0 Å². The van der Waals surface area contributed by atoms with E-state index in [9.17, 15) is 0 Å². The van der Waals surface area contributed by atoms with E-state index >= 15 is 0 Å². The van der Waals surface area contributed by atoms with Gasteiger partial charge >= 0.3 is 0 Å². The van der Waals surface area contributed by atoms with Gasteiger partial charge in [-0.15, -0.1) is 0 Å². The molecule has 94 valence electrons. The lowest BCUT2D eigenvalue weighted by Gasteiger charge is -2.37. The lowest BCUT2D eigenvalue weighted by molar-refractivity contribution is 0.146. The molecule has 0 amide bonds. The zero-order valence-corrected chi connectivity index (χ0v) is 10.9. The summed E-state index contributed by atoms with van der Waals surface area (Å²) >= 11 is 0. The minimum atomic E-state index is 0.637. The van der Waals surface area contributed by atoms with Crippen molar-refractivity contribution in [2.75, 3.05) is 14.1 Å². The summed E-state index contributed by atoms with van der Waals surface area (Å²) in [5.41, 5.74) is 1.16. The van der Waals surface area contributed by atoms with Crippen LogP contribution in [0, 0.1) is 0 Å². The van der Waals surface area contributed by atoms with Gasteiger partial charge in [-0.2, -0.15) is 0 Å². The Labute approximate surface area is 104 Å². The van der Waals surface area contributed by atoms with Crippen LogP contribution in [0.2, 0.25) is 0 Å². The lowest BCUT2D eigenvalue weighted by Crippen LogP contribution is -2.49. The lowest BCUT2D eigenvalue weighted by atomic mass is 9.89. The molecule has 2 rings (SSSR count). The minimum absolute atomic E-state index is 0.637. The van der Waals surface area contributed by atoms with E-state index in [1.807, 2.05) is 12.3 Å². The molecule has 0 radical (unpaired) electrons. The number of rotatable bonds is 4. The van der Waals surface area contributed by atoms with E-state index in [2.05, 4.69) is 41.4 Å². The van der Waals surface area contributed by atoms with Gasteiger partial charge in [0.15, 0.2) is 0 Å². The molecule has 0 aliphatic heterocycles. The average Bonchev–Trinajstić information content (AvgIpc) is 2.40. The summed E-state index contributed by atoms with van der Waals surface area (Å²) in [5, 5.41) is 3.46. The van der Waals surface area contributed by atoms with E-state index in [1.54, 1.807) is 0 Å². The summed E-state index contributed by atoms with van der Waals surface area (Å²) in [5.74, 6) is 0. The number of likely N-dealkylation sites (N-methyl/N-ethyl adjacent to an activating group) is 2. The number of aromatic nitrogens is 1. The van der Waals surface area contributed by atoms with Gasteiger partial charge in [-0.3, -0.25) is 9.88 Å². The Morgan fingerprint density at radius 1 is 1.35 bits per heavy atom. The maximum absolute atomic E-state index is 4.40. The first kappa shape index (κ1) is 12.5. The Morgan fingerprint density at radius 2 is 2.18 bits per heavy atom. The second-order valence-electron chi connectivity index (χ2n) is 4.98. The van der Waals surface area contributed by atoms with E-state index in [4.69, 9.17) is 0 Å². The molecule has 2 unspecified atom stereocenters. The maximum atomic E-state index is 4.40. The van der Waals surface area contributed by atoms with Gasteiger partial charge in [-0.25, -0.2) is 0 Å². The number of hydrogen-bond acceptors (Lipinski definition) is 3. The van der Waals surface area contributed by atoms with Crippen molar-refractivity contribution < 1.29 is 0 Å². The van der Waals surface area contributed by atoms with Gasteiger partial charge in [0.2, 0.25) is 0 Å². The molecular weight excluding hydrogens is 210 g/mol. The Kier molecular flexibility index (Phi) is 4.51.